The van der Waals surface area contributed by atoms with Gasteiger partial charge in [0, 0.05) is 56.4 Å². The Balaban J connectivity index is 1.23. The largest absolute Gasteiger partial charge is 0.368 e. The van der Waals surface area contributed by atoms with Crippen LogP contribution in [0.2, 0.25) is 0 Å². The lowest BCUT2D eigenvalue weighted by molar-refractivity contribution is 0.0706. The first-order valence-electron chi connectivity index (χ1n) is 11.2. The molecule has 2 N–H and O–H groups in total. The quantitative estimate of drug-likeness (QED) is 0.354. The molecule has 2 aromatic heterocycles. The van der Waals surface area contributed by atoms with Crippen LogP contribution in [0.15, 0.2) is 79.1 Å². The van der Waals surface area contributed by atoms with Crippen molar-refractivity contribution in [3.05, 3.63) is 95.8 Å². The van der Waals surface area contributed by atoms with E-state index in [1.54, 1.807) is 17.6 Å². The van der Waals surface area contributed by atoms with Gasteiger partial charge >= 0.3 is 0 Å². The molecule has 1 saturated heterocycles. The van der Waals surface area contributed by atoms with Crippen molar-refractivity contribution < 1.29 is 10.0 Å². The molecule has 3 heterocycles. The molecule has 5 rings (SSSR count). The predicted molar refractivity (Wildman–Crippen MR) is 128 cm³/mol. The third-order valence-corrected chi connectivity index (χ3v) is 6.24. The Labute approximate surface area is 192 Å². The molecule has 0 bridgehead atoms. The smallest absolute Gasteiger partial charge is 0.274 e. The van der Waals surface area contributed by atoms with Gasteiger partial charge < -0.3 is 9.47 Å². The zero-order valence-corrected chi connectivity index (χ0v) is 18.4. The lowest BCUT2D eigenvalue weighted by atomic mass is 10.1. The van der Waals surface area contributed by atoms with Crippen LogP contribution in [0.3, 0.4) is 0 Å². The fourth-order valence-corrected chi connectivity index (χ4v) is 4.40. The second kappa shape index (κ2) is 9.44. The Kier molecular flexibility index (Phi) is 6.06. The molecule has 1 amide bonds. The van der Waals surface area contributed by atoms with Gasteiger partial charge in [0.1, 0.15) is 5.65 Å². The second-order valence-electron chi connectivity index (χ2n) is 8.44. The molecule has 0 saturated carbocycles. The fourth-order valence-electron chi connectivity index (χ4n) is 4.40. The molecule has 1 aliphatic heterocycles. The van der Waals surface area contributed by atoms with Gasteiger partial charge in [0.2, 0.25) is 0 Å². The summed E-state index contributed by atoms with van der Waals surface area (Å²) in [5, 5.41) is 9.88. The van der Waals surface area contributed by atoms with Crippen LogP contribution in [-0.4, -0.2) is 51.7 Å². The Morgan fingerprint density at radius 2 is 1.64 bits per heavy atom. The van der Waals surface area contributed by atoms with Crippen LogP contribution in [0.25, 0.3) is 11.0 Å². The monoisotopic (exact) mass is 441 g/mol. The van der Waals surface area contributed by atoms with Crippen molar-refractivity contribution in [1.29, 1.82) is 0 Å². The average molecular weight is 442 g/mol. The van der Waals surface area contributed by atoms with Gasteiger partial charge in [-0.2, -0.15) is 0 Å². The van der Waals surface area contributed by atoms with Crippen molar-refractivity contribution in [3.63, 3.8) is 0 Å². The van der Waals surface area contributed by atoms with E-state index in [9.17, 15) is 4.79 Å². The molecule has 0 aliphatic carbocycles. The minimum Gasteiger partial charge on any atom is -0.368 e. The topological polar surface area (TPSA) is 73.6 Å². The van der Waals surface area contributed by atoms with Crippen molar-refractivity contribution in [2.24, 2.45) is 0 Å². The van der Waals surface area contributed by atoms with Crippen LogP contribution in [0.5, 0.6) is 0 Å². The van der Waals surface area contributed by atoms with Crippen molar-refractivity contribution in [1.82, 2.24) is 19.9 Å². The van der Waals surface area contributed by atoms with Crippen LogP contribution in [0.1, 0.15) is 21.5 Å². The number of pyridine rings is 1. The molecule has 168 valence electrons. The molecule has 1 fully saturated rings. The van der Waals surface area contributed by atoms with E-state index >= 15 is 0 Å². The van der Waals surface area contributed by atoms with Crippen LogP contribution in [-0.2, 0) is 13.1 Å². The number of benzene rings is 2. The summed E-state index contributed by atoms with van der Waals surface area (Å²) in [4.78, 5) is 21.2. The highest BCUT2D eigenvalue weighted by Crippen LogP contribution is 2.23. The molecule has 2 aromatic carbocycles. The number of hydrogen-bond acceptors (Lipinski definition) is 5. The van der Waals surface area contributed by atoms with E-state index in [2.05, 4.69) is 56.8 Å². The summed E-state index contributed by atoms with van der Waals surface area (Å²) < 4.78 is 2.11. The summed E-state index contributed by atoms with van der Waals surface area (Å²) in [6.45, 7) is 5.73. The molecule has 0 spiro atoms. The van der Waals surface area contributed by atoms with Gasteiger partial charge in [-0.3, -0.25) is 14.9 Å². The molecular formula is C26H27N5O2. The Morgan fingerprint density at radius 3 is 2.36 bits per heavy atom. The first-order chi connectivity index (χ1) is 16.2. The number of carbonyl (C=O) groups is 1. The lowest BCUT2D eigenvalue weighted by Crippen LogP contribution is -2.46. The highest BCUT2D eigenvalue weighted by atomic mass is 16.5. The van der Waals surface area contributed by atoms with E-state index in [4.69, 9.17) is 10.2 Å². The number of rotatable bonds is 6. The Morgan fingerprint density at radius 1 is 0.909 bits per heavy atom. The van der Waals surface area contributed by atoms with Gasteiger partial charge in [-0.1, -0.05) is 42.5 Å². The summed E-state index contributed by atoms with van der Waals surface area (Å²) in [6.07, 6.45) is 4.02. The zero-order valence-electron chi connectivity index (χ0n) is 18.4. The predicted octanol–water partition coefficient (Wildman–Crippen LogP) is 3.53. The molecule has 0 unspecified atom stereocenters. The first kappa shape index (κ1) is 21.2. The van der Waals surface area contributed by atoms with Crippen molar-refractivity contribution in [2.45, 2.75) is 13.1 Å². The minimum absolute atomic E-state index is 0.422. The molecule has 7 nitrogen and oxygen atoms in total. The number of carbonyl (C=O) groups excluding carboxylic acids is 1. The second-order valence-corrected chi connectivity index (χ2v) is 8.44. The third-order valence-electron chi connectivity index (χ3n) is 6.24. The molecule has 0 atom stereocenters. The number of hydrogen-bond donors (Lipinski definition) is 2. The first-order valence-corrected chi connectivity index (χ1v) is 11.2. The summed E-state index contributed by atoms with van der Waals surface area (Å²) in [7, 11) is 0. The molecule has 4 aromatic rings. The number of nitrogens with one attached hydrogen (secondary N) is 1. The van der Waals surface area contributed by atoms with Crippen LogP contribution in [0.4, 0.5) is 5.69 Å². The van der Waals surface area contributed by atoms with E-state index in [1.165, 1.54) is 11.3 Å². The lowest BCUT2D eigenvalue weighted by Gasteiger charge is -2.36. The summed E-state index contributed by atoms with van der Waals surface area (Å²) >= 11 is 0. The van der Waals surface area contributed by atoms with Crippen molar-refractivity contribution >= 4 is 22.6 Å². The number of nitrogens with zero attached hydrogens (tertiary/aromatic N) is 4. The van der Waals surface area contributed by atoms with Crippen LogP contribution in [0, 0.1) is 0 Å². The van der Waals surface area contributed by atoms with Gasteiger partial charge in [-0.15, -0.1) is 0 Å². The van der Waals surface area contributed by atoms with Crippen LogP contribution < -0.4 is 10.4 Å². The number of piperazine rings is 1. The number of hydroxylamine groups is 1. The maximum Gasteiger partial charge on any atom is 0.274 e. The molecule has 33 heavy (non-hydrogen) atoms. The minimum atomic E-state index is -0.511. The molecule has 1 aliphatic rings. The van der Waals surface area contributed by atoms with Crippen molar-refractivity contribution in [2.75, 3.05) is 31.1 Å². The maximum absolute atomic E-state index is 11.5. The maximum atomic E-state index is 11.5. The Bertz CT molecular complexity index is 1230. The van der Waals surface area contributed by atoms with Crippen LogP contribution >= 0.6 is 0 Å². The van der Waals surface area contributed by atoms with E-state index in [0.717, 1.165) is 49.3 Å². The number of anilines is 1. The van der Waals surface area contributed by atoms with Gasteiger partial charge in [0.15, 0.2) is 0 Å². The molecule has 7 heteroatoms. The van der Waals surface area contributed by atoms with Gasteiger partial charge in [0.05, 0.1) is 11.9 Å². The molecule has 0 radical (unpaired) electrons. The zero-order chi connectivity index (χ0) is 22.6. The highest BCUT2D eigenvalue weighted by Gasteiger charge is 2.18. The summed E-state index contributed by atoms with van der Waals surface area (Å²) in [5.74, 6) is -0.511. The third kappa shape index (κ3) is 4.74. The Hall–Kier alpha value is -3.68. The average Bonchev–Trinajstić information content (AvgIpc) is 3.27. The number of amides is 1. The standard InChI is InChI=1S/C26H27N5O2/c32-26(28-33)22-8-6-21(7-9-22)19-31-11-10-23-16-24(17-27-25(23)31)30-14-12-29(13-15-30)18-20-4-2-1-3-5-20/h1-11,16-17,33H,12-15,18-19H2,(H,28,32). The normalized spacial score (nSPS) is 14.5. The van der Waals surface area contributed by atoms with E-state index in [-0.39, 0.29) is 0 Å². The summed E-state index contributed by atoms with van der Waals surface area (Å²) in [6, 6.07) is 22.2. The van der Waals surface area contributed by atoms with Gasteiger partial charge in [-0.05, 0) is 35.4 Å². The van der Waals surface area contributed by atoms with Gasteiger partial charge in [0.25, 0.3) is 5.91 Å². The van der Waals surface area contributed by atoms with Gasteiger partial charge in [-0.25, -0.2) is 10.5 Å². The van der Waals surface area contributed by atoms with E-state index < -0.39 is 5.91 Å². The molecular weight excluding hydrogens is 414 g/mol. The number of aromatic nitrogens is 2. The van der Waals surface area contributed by atoms with Crippen molar-refractivity contribution in [3.8, 4) is 0 Å². The highest BCUT2D eigenvalue weighted by molar-refractivity contribution is 5.93. The van der Waals surface area contributed by atoms with E-state index in [0.29, 0.717) is 12.1 Å². The van der Waals surface area contributed by atoms with E-state index in [1.807, 2.05) is 24.5 Å². The number of fused-ring (bicyclic) bond motifs is 1. The SMILES string of the molecule is O=C(NO)c1ccc(Cn2ccc3cc(N4CCN(Cc5ccccc5)CC4)cnc32)cc1. The summed E-state index contributed by atoms with van der Waals surface area (Å²) in [5.41, 5.74) is 6.61. The fraction of sp³-hybridized carbons (Fsp3) is 0.231.